The third-order valence-corrected chi connectivity index (χ3v) is 2.73. The minimum absolute atomic E-state index is 0.645. The number of hydrogen-bond donors (Lipinski definition) is 1. The van der Waals surface area contributed by atoms with Crippen molar-refractivity contribution in [1.29, 1.82) is 0 Å². The van der Waals surface area contributed by atoms with Gasteiger partial charge in [-0.2, -0.15) is 5.10 Å². The highest BCUT2D eigenvalue weighted by Crippen LogP contribution is 2.41. The third-order valence-electron chi connectivity index (χ3n) is 2.73. The number of hydrogen-bond acceptors (Lipinski definition) is 2. The van der Waals surface area contributed by atoms with Crippen LogP contribution < -0.4 is 5.73 Å². The Balaban J connectivity index is 2.17. The van der Waals surface area contributed by atoms with Gasteiger partial charge in [0.05, 0.1) is 0 Å². The summed E-state index contributed by atoms with van der Waals surface area (Å²) in [4.78, 5) is 0. The molecule has 2 N–H and O–H groups in total. The molecule has 0 aliphatic heterocycles. The summed E-state index contributed by atoms with van der Waals surface area (Å²) in [5.74, 6) is 2.23. The highest BCUT2D eigenvalue weighted by Gasteiger charge is 2.29. The second-order valence-electron chi connectivity index (χ2n) is 3.89. The first-order valence-electron chi connectivity index (χ1n) is 4.46. The average molecular weight is 165 g/mol. The predicted molar refractivity (Wildman–Crippen MR) is 48.8 cm³/mol. The molecule has 0 saturated heterocycles. The number of anilines is 1. The van der Waals surface area contributed by atoms with Gasteiger partial charge in [-0.15, -0.1) is 0 Å². The van der Waals surface area contributed by atoms with E-state index < -0.39 is 0 Å². The monoisotopic (exact) mass is 165 g/mol. The Morgan fingerprint density at radius 1 is 1.58 bits per heavy atom. The van der Waals surface area contributed by atoms with E-state index in [-0.39, 0.29) is 0 Å². The lowest BCUT2D eigenvalue weighted by Gasteiger charge is -2.32. The lowest BCUT2D eigenvalue weighted by atomic mass is 9.74. The first kappa shape index (κ1) is 7.65. The van der Waals surface area contributed by atoms with Crippen LogP contribution in [-0.2, 0) is 7.05 Å². The zero-order valence-electron chi connectivity index (χ0n) is 7.62. The van der Waals surface area contributed by atoms with Crippen molar-refractivity contribution in [3.63, 3.8) is 0 Å². The minimum Gasteiger partial charge on any atom is -0.382 e. The van der Waals surface area contributed by atoms with Crippen LogP contribution in [0, 0.1) is 5.92 Å². The van der Waals surface area contributed by atoms with Crippen LogP contribution in [-0.4, -0.2) is 9.78 Å². The van der Waals surface area contributed by atoms with E-state index >= 15 is 0 Å². The van der Waals surface area contributed by atoms with Crippen molar-refractivity contribution in [2.24, 2.45) is 13.0 Å². The molecule has 66 valence electrons. The first-order valence-corrected chi connectivity index (χ1v) is 4.46. The fourth-order valence-corrected chi connectivity index (χ4v) is 2.03. The molecule has 1 aliphatic rings. The minimum atomic E-state index is 0.645. The van der Waals surface area contributed by atoms with Crippen molar-refractivity contribution in [2.75, 3.05) is 5.73 Å². The van der Waals surface area contributed by atoms with Gasteiger partial charge in [0.25, 0.3) is 0 Å². The van der Waals surface area contributed by atoms with E-state index in [9.17, 15) is 0 Å². The lowest BCUT2D eigenvalue weighted by molar-refractivity contribution is 0.277. The molecule has 0 aromatic carbocycles. The van der Waals surface area contributed by atoms with Crippen LogP contribution in [0.25, 0.3) is 0 Å². The summed E-state index contributed by atoms with van der Waals surface area (Å²) in [6.45, 7) is 2.29. The van der Waals surface area contributed by atoms with Crippen molar-refractivity contribution in [3.8, 4) is 0 Å². The maximum absolute atomic E-state index is 5.60. The Labute approximate surface area is 72.6 Å². The summed E-state index contributed by atoms with van der Waals surface area (Å²) >= 11 is 0. The van der Waals surface area contributed by atoms with Crippen molar-refractivity contribution in [3.05, 3.63) is 11.8 Å². The van der Waals surface area contributed by atoms with Gasteiger partial charge in [-0.1, -0.05) is 6.92 Å². The van der Waals surface area contributed by atoms with Crippen molar-refractivity contribution in [1.82, 2.24) is 9.78 Å². The van der Waals surface area contributed by atoms with Gasteiger partial charge in [0.15, 0.2) is 0 Å². The first-order chi connectivity index (χ1) is 5.66. The van der Waals surface area contributed by atoms with Gasteiger partial charge in [-0.05, 0) is 18.8 Å². The molecule has 12 heavy (non-hydrogen) atoms. The summed E-state index contributed by atoms with van der Waals surface area (Å²) < 4.78 is 1.91. The molecule has 1 aromatic rings. The average Bonchev–Trinajstić information content (AvgIpc) is 2.23. The molecule has 3 heteroatoms. The summed E-state index contributed by atoms with van der Waals surface area (Å²) in [7, 11) is 1.97. The van der Waals surface area contributed by atoms with Gasteiger partial charge in [0.1, 0.15) is 5.82 Å². The number of nitrogen functional groups attached to an aromatic ring is 1. The molecular weight excluding hydrogens is 150 g/mol. The maximum Gasteiger partial charge on any atom is 0.145 e. The molecule has 0 radical (unpaired) electrons. The third kappa shape index (κ3) is 1.09. The number of aryl methyl sites for hydroxylation is 1. The molecule has 0 amide bonds. The van der Waals surface area contributed by atoms with Gasteiger partial charge in [0.2, 0.25) is 0 Å². The highest BCUT2D eigenvalue weighted by molar-refractivity contribution is 5.32. The van der Waals surface area contributed by atoms with Gasteiger partial charge in [-0.3, -0.25) is 4.68 Å². The summed E-state index contributed by atoms with van der Waals surface area (Å²) in [6.07, 6.45) is 2.58. The molecule has 1 fully saturated rings. The normalized spacial score (nSPS) is 28.5. The molecule has 1 heterocycles. The lowest BCUT2D eigenvalue weighted by Crippen LogP contribution is -2.21. The van der Waals surface area contributed by atoms with Gasteiger partial charge < -0.3 is 5.73 Å². The van der Waals surface area contributed by atoms with E-state index in [1.165, 1.54) is 18.5 Å². The molecule has 3 nitrogen and oxygen atoms in total. The second kappa shape index (κ2) is 2.51. The zero-order valence-corrected chi connectivity index (χ0v) is 7.62. The predicted octanol–water partition coefficient (Wildman–Crippen LogP) is 1.52. The Bertz CT molecular complexity index is 284. The molecule has 2 rings (SSSR count). The highest BCUT2D eigenvalue weighted by atomic mass is 15.3. The molecular formula is C9H15N3. The van der Waals surface area contributed by atoms with E-state index in [4.69, 9.17) is 5.73 Å². The van der Waals surface area contributed by atoms with Crippen LogP contribution in [0.15, 0.2) is 6.07 Å². The molecule has 0 spiro atoms. The maximum atomic E-state index is 5.60. The second-order valence-corrected chi connectivity index (χ2v) is 3.89. The van der Waals surface area contributed by atoms with Crippen LogP contribution in [0.4, 0.5) is 5.82 Å². The van der Waals surface area contributed by atoms with E-state index in [1.807, 2.05) is 17.8 Å². The van der Waals surface area contributed by atoms with Crippen LogP contribution in [0.1, 0.15) is 31.4 Å². The van der Waals surface area contributed by atoms with E-state index in [1.54, 1.807) is 0 Å². The molecule has 1 saturated carbocycles. The Hall–Kier alpha value is -0.990. The van der Waals surface area contributed by atoms with Crippen LogP contribution in [0.3, 0.4) is 0 Å². The molecule has 0 atom stereocenters. The van der Waals surface area contributed by atoms with Crippen LogP contribution >= 0.6 is 0 Å². The summed E-state index contributed by atoms with van der Waals surface area (Å²) in [5, 5.41) is 4.13. The molecule has 0 bridgehead atoms. The topological polar surface area (TPSA) is 43.8 Å². The van der Waals surface area contributed by atoms with Crippen molar-refractivity contribution < 1.29 is 0 Å². The number of rotatable bonds is 1. The largest absolute Gasteiger partial charge is 0.382 e. The van der Waals surface area contributed by atoms with Crippen molar-refractivity contribution >= 4 is 5.82 Å². The van der Waals surface area contributed by atoms with Crippen LogP contribution in [0.2, 0.25) is 0 Å². The smallest absolute Gasteiger partial charge is 0.145 e. The number of nitrogens with zero attached hydrogens (tertiary/aromatic N) is 2. The van der Waals surface area contributed by atoms with Crippen molar-refractivity contribution in [2.45, 2.75) is 25.7 Å². The van der Waals surface area contributed by atoms with Gasteiger partial charge in [-0.25, -0.2) is 0 Å². The Morgan fingerprint density at radius 2 is 2.25 bits per heavy atom. The van der Waals surface area contributed by atoms with Gasteiger partial charge >= 0.3 is 0 Å². The standard InChI is InChI=1S/C9H15N3/c1-6-3-7(4-6)8-5-9(10)11-12(8)2/h5-7H,3-4H2,1-2H3,(H2,10,11). The fraction of sp³-hybridized carbons (Fsp3) is 0.667. The molecule has 0 unspecified atom stereocenters. The van der Waals surface area contributed by atoms with E-state index in [2.05, 4.69) is 12.0 Å². The number of aromatic nitrogens is 2. The summed E-state index contributed by atoms with van der Waals surface area (Å²) in [6, 6.07) is 2.00. The number of nitrogens with two attached hydrogens (primary N) is 1. The Kier molecular flexibility index (Phi) is 1.60. The zero-order chi connectivity index (χ0) is 8.72. The van der Waals surface area contributed by atoms with Crippen LogP contribution in [0.5, 0.6) is 0 Å². The molecule has 1 aromatic heterocycles. The quantitative estimate of drug-likeness (QED) is 0.685. The molecule has 1 aliphatic carbocycles. The Morgan fingerprint density at radius 3 is 2.67 bits per heavy atom. The van der Waals surface area contributed by atoms with Gasteiger partial charge in [0, 0.05) is 24.7 Å². The summed E-state index contributed by atoms with van der Waals surface area (Å²) in [5.41, 5.74) is 6.90. The van der Waals surface area contributed by atoms with E-state index in [0.29, 0.717) is 11.7 Å². The van der Waals surface area contributed by atoms with E-state index in [0.717, 1.165) is 5.92 Å². The SMILES string of the molecule is CC1CC(c2cc(N)nn2C)C1. The fourth-order valence-electron chi connectivity index (χ4n) is 2.03.